The van der Waals surface area contributed by atoms with Crippen molar-refractivity contribution in [2.45, 2.75) is 13.3 Å². The molecule has 0 spiro atoms. The summed E-state index contributed by atoms with van der Waals surface area (Å²) < 4.78 is 29.7. The molecule has 0 unspecified atom stereocenters. The molecule has 0 radical (unpaired) electrons. The Hall–Kier alpha value is -1.79. The molecule has 1 aromatic heterocycles. The summed E-state index contributed by atoms with van der Waals surface area (Å²) in [5.41, 5.74) is -0.531. The third-order valence-electron chi connectivity index (χ3n) is 1.74. The third kappa shape index (κ3) is 2.17. The fourth-order valence-electron chi connectivity index (χ4n) is 1.15. The second-order valence-corrected chi connectivity index (χ2v) is 2.76. The molecule has 7 heteroatoms. The van der Waals surface area contributed by atoms with Gasteiger partial charge in [0.1, 0.15) is 5.75 Å². The van der Waals surface area contributed by atoms with Gasteiger partial charge in [-0.05, 0) is 9.91 Å². The highest BCUT2D eigenvalue weighted by Crippen LogP contribution is 2.35. The molecule has 1 rings (SSSR count). The molecule has 0 aliphatic heterocycles. The molecule has 0 N–H and O–H groups in total. The lowest BCUT2D eigenvalue weighted by molar-refractivity contribution is -0.391. The zero-order chi connectivity index (χ0) is 11.6. The van der Waals surface area contributed by atoms with E-state index in [-0.39, 0.29) is 11.4 Å². The number of nitrogens with zero attached hydrogens (tertiary/aromatic N) is 2. The maximum atomic E-state index is 12.5. The number of ether oxygens (including phenoxy) is 1. The van der Waals surface area contributed by atoms with Gasteiger partial charge in [-0.25, -0.2) is 8.78 Å². The van der Waals surface area contributed by atoms with Gasteiger partial charge in [0.2, 0.25) is 0 Å². The summed E-state index contributed by atoms with van der Waals surface area (Å²) in [6.07, 6.45) is -2.99. The molecular weight excluding hydrogens is 210 g/mol. The van der Waals surface area contributed by atoms with Crippen molar-refractivity contribution in [2.24, 2.45) is 0 Å². The monoisotopic (exact) mass is 218 g/mol. The normalized spacial score (nSPS) is 10.5. The van der Waals surface area contributed by atoms with Crippen molar-refractivity contribution >= 4 is 5.82 Å². The van der Waals surface area contributed by atoms with E-state index >= 15 is 0 Å². The van der Waals surface area contributed by atoms with Crippen LogP contribution in [0.15, 0.2) is 6.07 Å². The molecule has 0 saturated heterocycles. The van der Waals surface area contributed by atoms with Crippen molar-refractivity contribution in [1.29, 1.82) is 0 Å². The van der Waals surface area contributed by atoms with Crippen LogP contribution in [-0.4, -0.2) is 17.0 Å². The van der Waals surface area contributed by atoms with Gasteiger partial charge in [-0.1, -0.05) is 0 Å². The second kappa shape index (κ2) is 4.16. The average Bonchev–Trinajstić information content (AvgIpc) is 2.15. The van der Waals surface area contributed by atoms with Crippen LogP contribution in [0.3, 0.4) is 0 Å². The van der Waals surface area contributed by atoms with Crippen molar-refractivity contribution in [2.75, 3.05) is 7.11 Å². The summed E-state index contributed by atoms with van der Waals surface area (Å²) in [6, 6.07) is 1.23. The minimum absolute atomic E-state index is 0.218. The Bertz CT molecular complexity index is 396. The molecule has 5 nitrogen and oxygen atoms in total. The van der Waals surface area contributed by atoms with Crippen LogP contribution in [-0.2, 0) is 0 Å². The lowest BCUT2D eigenvalue weighted by Crippen LogP contribution is -2.03. The summed E-state index contributed by atoms with van der Waals surface area (Å²) in [6.45, 7) is 1.46. The standard InChI is InChI=1S/C8H8F2N2O3/c1-4-3-5(15-2)6(7(9)10)8(11-4)12(13)14/h3,7H,1-2H3. The van der Waals surface area contributed by atoms with E-state index in [9.17, 15) is 18.9 Å². The van der Waals surface area contributed by atoms with Gasteiger partial charge < -0.3 is 14.9 Å². The smallest absolute Gasteiger partial charge is 0.376 e. The zero-order valence-electron chi connectivity index (χ0n) is 8.03. The Morgan fingerprint density at radius 3 is 2.60 bits per heavy atom. The van der Waals surface area contributed by atoms with Crippen LogP contribution in [0, 0.1) is 17.0 Å². The molecular formula is C8H8F2N2O3. The maximum absolute atomic E-state index is 12.5. The Morgan fingerprint density at radius 1 is 1.60 bits per heavy atom. The molecule has 15 heavy (non-hydrogen) atoms. The summed E-state index contributed by atoms with van der Waals surface area (Å²) in [4.78, 5) is 13.0. The molecule has 1 aromatic rings. The van der Waals surface area contributed by atoms with Gasteiger partial charge in [-0.3, -0.25) is 0 Å². The summed E-state index contributed by atoms with van der Waals surface area (Å²) in [5, 5.41) is 10.5. The predicted molar refractivity (Wildman–Crippen MR) is 47.1 cm³/mol. The van der Waals surface area contributed by atoms with E-state index in [0.717, 1.165) is 0 Å². The number of nitro groups is 1. The Balaban J connectivity index is 3.47. The first-order chi connectivity index (χ1) is 6.97. The van der Waals surface area contributed by atoms with Crippen LogP contribution in [0.2, 0.25) is 0 Å². The van der Waals surface area contributed by atoms with Crippen LogP contribution >= 0.6 is 0 Å². The first kappa shape index (κ1) is 11.3. The number of methoxy groups -OCH3 is 1. The minimum Gasteiger partial charge on any atom is -0.496 e. The van der Waals surface area contributed by atoms with Gasteiger partial charge in [-0.2, -0.15) is 0 Å². The predicted octanol–water partition coefficient (Wildman–Crippen LogP) is 2.24. The van der Waals surface area contributed by atoms with Crippen LogP contribution in [0.4, 0.5) is 14.6 Å². The van der Waals surface area contributed by atoms with Gasteiger partial charge in [0.15, 0.2) is 11.3 Å². The lowest BCUT2D eigenvalue weighted by Gasteiger charge is -2.07. The van der Waals surface area contributed by atoms with Crippen LogP contribution in [0.25, 0.3) is 0 Å². The van der Waals surface area contributed by atoms with Gasteiger partial charge in [0, 0.05) is 13.0 Å². The molecule has 82 valence electrons. The van der Waals surface area contributed by atoms with Gasteiger partial charge in [0.05, 0.1) is 7.11 Å². The SMILES string of the molecule is COc1cc(C)nc([N+](=O)[O-])c1C(F)F. The molecule has 0 bridgehead atoms. The summed E-state index contributed by atoms with van der Waals surface area (Å²) in [5.74, 6) is -1.08. The van der Waals surface area contributed by atoms with Crippen molar-refractivity contribution in [1.82, 2.24) is 4.98 Å². The first-order valence-corrected chi connectivity index (χ1v) is 3.95. The summed E-state index contributed by atoms with van der Waals surface area (Å²) in [7, 11) is 1.17. The van der Waals surface area contributed by atoms with Gasteiger partial charge in [0.25, 0.3) is 6.43 Å². The number of rotatable bonds is 3. The molecule has 0 amide bonds. The Kier molecular flexibility index (Phi) is 3.13. The van der Waals surface area contributed by atoms with Crippen molar-refractivity contribution < 1.29 is 18.4 Å². The molecule has 0 aliphatic carbocycles. The van der Waals surface area contributed by atoms with Crippen LogP contribution in [0.1, 0.15) is 17.7 Å². The fourth-order valence-corrected chi connectivity index (χ4v) is 1.15. The maximum Gasteiger partial charge on any atom is 0.376 e. The molecule has 0 aliphatic rings. The number of aryl methyl sites for hydroxylation is 1. The molecule has 0 atom stereocenters. The van der Waals surface area contributed by atoms with E-state index in [1.807, 2.05) is 0 Å². The van der Waals surface area contributed by atoms with Crippen LogP contribution in [0.5, 0.6) is 5.75 Å². The van der Waals surface area contributed by atoms with Crippen molar-refractivity contribution in [3.8, 4) is 5.75 Å². The number of hydrogen-bond donors (Lipinski definition) is 0. The van der Waals surface area contributed by atoms with Crippen molar-refractivity contribution in [3.05, 3.63) is 27.4 Å². The van der Waals surface area contributed by atoms with E-state index < -0.39 is 22.7 Å². The number of pyridine rings is 1. The third-order valence-corrected chi connectivity index (χ3v) is 1.74. The average molecular weight is 218 g/mol. The minimum atomic E-state index is -2.99. The largest absolute Gasteiger partial charge is 0.496 e. The Morgan fingerprint density at radius 2 is 2.20 bits per heavy atom. The highest BCUT2D eigenvalue weighted by molar-refractivity contribution is 5.46. The highest BCUT2D eigenvalue weighted by Gasteiger charge is 2.28. The van der Waals surface area contributed by atoms with E-state index in [1.54, 1.807) is 0 Å². The quantitative estimate of drug-likeness (QED) is 0.576. The van der Waals surface area contributed by atoms with Gasteiger partial charge >= 0.3 is 5.82 Å². The highest BCUT2D eigenvalue weighted by atomic mass is 19.3. The molecule has 0 saturated carbocycles. The second-order valence-electron chi connectivity index (χ2n) is 2.76. The molecule has 1 heterocycles. The number of halogens is 2. The lowest BCUT2D eigenvalue weighted by atomic mass is 10.2. The first-order valence-electron chi connectivity index (χ1n) is 3.95. The van der Waals surface area contributed by atoms with Gasteiger partial charge in [-0.15, -0.1) is 0 Å². The van der Waals surface area contributed by atoms with E-state index in [1.165, 1.54) is 20.1 Å². The topological polar surface area (TPSA) is 65.3 Å². The van der Waals surface area contributed by atoms with E-state index in [0.29, 0.717) is 0 Å². The van der Waals surface area contributed by atoms with E-state index in [2.05, 4.69) is 9.72 Å². The van der Waals surface area contributed by atoms with Crippen LogP contribution < -0.4 is 4.74 Å². The number of hydrogen-bond acceptors (Lipinski definition) is 4. The zero-order valence-corrected chi connectivity index (χ0v) is 8.03. The van der Waals surface area contributed by atoms with E-state index in [4.69, 9.17) is 0 Å². The number of aromatic nitrogens is 1. The van der Waals surface area contributed by atoms with Crippen molar-refractivity contribution in [3.63, 3.8) is 0 Å². The molecule has 0 fully saturated rings. The number of alkyl halides is 2. The fraction of sp³-hybridized carbons (Fsp3) is 0.375. The Labute approximate surface area is 83.8 Å². The molecule has 0 aromatic carbocycles. The summed E-state index contributed by atoms with van der Waals surface area (Å²) >= 11 is 0.